The highest BCUT2D eigenvalue weighted by molar-refractivity contribution is 6.34. The number of hydrogen-bond acceptors (Lipinski definition) is 4. The van der Waals surface area contributed by atoms with Crippen LogP contribution in [0.3, 0.4) is 0 Å². The third kappa shape index (κ3) is 2.32. The zero-order valence-corrected chi connectivity index (χ0v) is 12.3. The van der Waals surface area contributed by atoms with Gasteiger partial charge >= 0.3 is 5.97 Å². The summed E-state index contributed by atoms with van der Waals surface area (Å²) in [5.41, 5.74) is -0.866. The molecule has 1 saturated heterocycles. The molecule has 0 aromatic carbocycles. The number of hydrogen-bond donors (Lipinski definition) is 2. The summed E-state index contributed by atoms with van der Waals surface area (Å²) in [5.74, 6) is -1.52. The molecule has 22 heavy (non-hydrogen) atoms. The molecule has 1 amide bonds. The van der Waals surface area contributed by atoms with Gasteiger partial charge in [0, 0.05) is 32.1 Å². The maximum Gasteiger partial charge on any atom is 0.335 e. The number of halogens is 1. The second-order valence-electron chi connectivity index (χ2n) is 5.34. The van der Waals surface area contributed by atoms with Crippen molar-refractivity contribution in [2.75, 3.05) is 13.1 Å². The Kier molecular flexibility index (Phi) is 3.54. The Hall–Kier alpha value is -2.12. The maximum atomic E-state index is 12.6. The van der Waals surface area contributed by atoms with Gasteiger partial charge in [-0.05, 0) is 12.1 Å². The van der Waals surface area contributed by atoms with Crippen LogP contribution in [0.4, 0.5) is 0 Å². The highest BCUT2D eigenvalue weighted by Gasteiger charge is 2.40. The maximum absolute atomic E-state index is 12.6. The Balaban J connectivity index is 1.85. The Morgan fingerprint density at radius 2 is 2.00 bits per heavy atom. The van der Waals surface area contributed by atoms with Crippen LogP contribution in [0.5, 0.6) is 0 Å². The Morgan fingerprint density at radius 1 is 1.32 bits per heavy atom. The molecular formula is C14H14ClN3O4. The van der Waals surface area contributed by atoms with Crippen LogP contribution in [-0.2, 0) is 4.79 Å². The van der Waals surface area contributed by atoms with E-state index in [-0.39, 0.29) is 31.8 Å². The molecule has 0 saturated carbocycles. The lowest BCUT2D eigenvalue weighted by Crippen LogP contribution is -2.50. The fraction of sp³-hybridized carbons (Fsp3) is 0.357. The first-order valence-corrected chi connectivity index (χ1v) is 7.17. The standard InChI is InChI=1S/C14H14ClN3O4/c15-10-2-1-5-18-11(10)9(8-16-18)12(19)17-6-3-14(22,4-7-17)13(20)21/h1-2,5,8,22H,3-4,6-7H2,(H,20,21). The Morgan fingerprint density at radius 3 is 2.64 bits per heavy atom. The number of fused-ring (bicyclic) bond motifs is 1. The van der Waals surface area contributed by atoms with E-state index in [1.54, 1.807) is 18.3 Å². The molecule has 0 spiro atoms. The first-order valence-electron chi connectivity index (χ1n) is 6.79. The van der Waals surface area contributed by atoms with Gasteiger partial charge in [-0.3, -0.25) is 4.79 Å². The van der Waals surface area contributed by atoms with E-state index in [1.165, 1.54) is 15.6 Å². The molecule has 1 aliphatic heterocycles. The van der Waals surface area contributed by atoms with Crippen LogP contribution < -0.4 is 0 Å². The van der Waals surface area contributed by atoms with E-state index in [9.17, 15) is 14.7 Å². The summed E-state index contributed by atoms with van der Waals surface area (Å²) in [6.45, 7) is 0.340. The van der Waals surface area contributed by atoms with Crippen molar-refractivity contribution in [3.63, 3.8) is 0 Å². The van der Waals surface area contributed by atoms with Crippen molar-refractivity contribution < 1.29 is 19.8 Å². The summed E-state index contributed by atoms with van der Waals surface area (Å²) in [6, 6.07) is 3.40. The third-order valence-corrected chi connectivity index (χ3v) is 4.30. The molecule has 3 heterocycles. The largest absolute Gasteiger partial charge is 0.479 e. The first-order chi connectivity index (χ1) is 10.4. The Bertz CT molecular complexity index is 750. The van der Waals surface area contributed by atoms with Crippen LogP contribution in [0, 0.1) is 0 Å². The van der Waals surface area contributed by atoms with Crippen LogP contribution in [0.2, 0.25) is 5.02 Å². The molecule has 116 valence electrons. The van der Waals surface area contributed by atoms with Gasteiger partial charge < -0.3 is 15.1 Å². The average molecular weight is 324 g/mol. The SMILES string of the molecule is O=C(c1cnn2cccc(Cl)c12)N1CCC(O)(C(=O)O)CC1. The van der Waals surface area contributed by atoms with Gasteiger partial charge in [0.2, 0.25) is 0 Å². The molecule has 8 heteroatoms. The van der Waals surface area contributed by atoms with Crippen molar-refractivity contribution in [1.82, 2.24) is 14.5 Å². The molecule has 1 fully saturated rings. The van der Waals surface area contributed by atoms with E-state index in [0.29, 0.717) is 16.1 Å². The van der Waals surface area contributed by atoms with Gasteiger partial charge in [-0.25, -0.2) is 9.31 Å². The number of carbonyl (C=O) groups is 2. The van der Waals surface area contributed by atoms with Gasteiger partial charge in [-0.2, -0.15) is 5.10 Å². The number of carboxylic acids is 1. The summed E-state index contributed by atoms with van der Waals surface area (Å²) in [5, 5.41) is 23.4. The molecule has 0 unspecified atom stereocenters. The second kappa shape index (κ2) is 5.26. The lowest BCUT2D eigenvalue weighted by atomic mass is 9.91. The molecule has 0 atom stereocenters. The highest BCUT2D eigenvalue weighted by Crippen LogP contribution is 2.26. The quantitative estimate of drug-likeness (QED) is 0.861. The van der Waals surface area contributed by atoms with Crippen LogP contribution in [0.25, 0.3) is 5.52 Å². The van der Waals surface area contributed by atoms with Crippen molar-refractivity contribution in [2.45, 2.75) is 18.4 Å². The minimum atomic E-state index is -1.75. The summed E-state index contributed by atoms with van der Waals surface area (Å²) in [7, 11) is 0. The monoisotopic (exact) mass is 323 g/mol. The van der Waals surface area contributed by atoms with E-state index in [2.05, 4.69) is 5.10 Å². The summed E-state index contributed by atoms with van der Waals surface area (Å²) >= 11 is 6.12. The molecule has 2 aromatic heterocycles. The van der Waals surface area contributed by atoms with Crippen molar-refractivity contribution in [3.05, 3.63) is 35.1 Å². The van der Waals surface area contributed by atoms with Crippen molar-refractivity contribution in [2.24, 2.45) is 0 Å². The van der Waals surface area contributed by atoms with E-state index in [0.717, 1.165) is 0 Å². The van der Waals surface area contributed by atoms with E-state index in [1.807, 2.05) is 0 Å². The van der Waals surface area contributed by atoms with Crippen LogP contribution >= 0.6 is 11.6 Å². The van der Waals surface area contributed by atoms with Gasteiger partial charge in [0.25, 0.3) is 5.91 Å². The second-order valence-corrected chi connectivity index (χ2v) is 5.74. The van der Waals surface area contributed by atoms with Crippen molar-refractivity contribution in [1.29, 1.82) is 0 Å². The fourth-order valence-corrected chi connectivity index (χ4v) is 2.88. The predicted molar refractivity (Wildman–Crippen MR) is 77.9 cm³/mol. The van der Waals surface area contributed by atoms with Gasteiger partial charge in [0.1, 0.15) is 0 Å². The molecule has 0 bridgehead atoms. The summed E-state index contributed by atoms with van der Waals surface area (Å²) in [4.78, 5) is 25.1. The number of nitrogens with zero attached hydrogens (tertiary/aromatic N) is 3. The van der Waals surface area contributed by atoms with Crippen molar-refractivity contribution >= 4 is 29.0 Å². The van der Waals surface area contributed by atoms with E-state index < -0.39 is 11.6 Å². The van der Waals surface area contributed by atoms with Gasteiger partial charge in [-0.15, -0.1) is 0 Å². The zero-order chi connectivity index (χ0) is 15.9. The normalized spacial score (nSPS) is 17.6. The number of aromatic nitrogens is 2. The summed E-state index contributed by atoms with van der Waals surface area (Å²) < 4.78 is 1.52. The molecule has 1 aliphatic rings. The third-order valence-electron chi connectivity index (χ3n) is 4.00. The van der Waals surface area contributed by atoms with E-state index in [4.69, 9.17) is 16.7 Å². The first kappa shape index (κ1) is 14.8. The number of aliphatic hydroxyl groups is 1. The molecule has 7 nitrogen and oxygen atoms in total. The number of amides is 1. The van der Waals surface area contributed by atoms with E-state index >= 15 is 0 Å². The molecule has 2 N–H and O–H groups in total. The zero-order valence-electron chi connectivity index (χ0n) is 11.6. The molecular weight excluding hydrogens is 310 g/mol. The van der Waals surface area contributed by atoms with Crippen LogP contribution in [0.1, 0.15) is 23.2 Å². The minimum Gasteiger partial charge on any atom is -0.479 e. The number of rotatable bonds is 2. The number of aliphatic carboxylic acids is 1. The number of pyridine rings is 1. The van der Waals surface area contributed by atoms with Gasteiger partial charge in [0.05, 0.1) is 22.3 Å². The van der Waals surface area contributed by atoms with Gasteiger partial charge in [-0.1, -0.05) is 11.6 Å². The topological polar surface area (TPSA) is 95.1 Å². The Labute approximate surface area is 130 Å². The molecule has 2 aromatic rings. The fourth-order valence-electron chi connectivity index (χ4n) is 2.62. The molecule has 0 radical (unpaired) electrons. The number of likely N-dealkylation sites (tertiary alicyclic amines) is 1. The lowest BCUT2D eigenvalue weighted by Gasteiger charge is -2.35. The number of piperidine rings is 1. The van der Waals surface area contributed by atoms with Crippen LogP contribution in [-0.4, -0.2) is 55.3 Å². The predicted octanol–water partition coefficient (Wildman–Crippen LogP) is 1.04. The van der Waals surface area contributed by atoms with Crippen molar-refractivity contribution in [3.8, 4) is 0 Å². The van der Waals surface area contributed by atoms with Gasteiger partial charge in [0.15, 0.2) is 5.60 Å². The molecule has 3 rings (SSSR count). The number of carbonyl (C=O) groups excluding carboxylic acids is 1. The van der Waals surface area contributed by atoms with Crippen LogP contribution in [0.15, 0.2) is 24.5 Å². The minimum absolute atomic E-state index is 0.00101. The molecule has 0 aliphatic carbocycles. The smallest absolute Gasteiger partial charge is 0.335 e. The number of carboxylic acid groups (broad SMARTS) is 1. The highest BCUT2D eigenvalue weighted by atomic mass is 35.5. The summed E-state index contributed by atoms with van der Waals surface area (Å²) in [6.07, 6.45) is 3.14. The average Bonchev–Trinajstić information content (AvgIpc) is 2.92. The lowest BCUT2D eigenvalue weighted by molar-refractivity contribution is -0.162.